The van der Waals surface area contributed by atoms with Gasteiger partial charge in [0.1, 0.15) is 17.5 Å². The normalized spacial score (nSPS) is 12.5. The Kier molecular flexibility index (Phi) is 3.17. The number of nitrogen functional groups attached to an aromatic ring is 1. The summed E-state index contributed by atoms with van der Waals surface area (Å²) in [5, 5.41) is 7.81. The van der Waals surface area contributed by atoms with E-state index in [1.54, 1.807) is 12.3 Å². The van der Waals surface area contributed by atoms with Gasteiger partial charge in [-0.25, -0.2) is 15.0 Å². The molecule has 0 spiro atoms. The number of nitrogens with zero attached hydrogens (tertiary/aromatic N) is 5. The molecule has 3 aromatic heterocycles. The maximum absolute atomic E-state index is 5.76. The minimum Gasteiger partial charge on any atom is -0.384 e. The lowest BCUT2D eigenvalue weighted by Gasteiger charge is -2.26. The zero-order valence-corrected chi connectivity index (χ0v) is 12.2. The van der Waals surface area contributed by atoms with Crippen molar-refractivity contribution >= 4 is 22.7 Å². The molecule has 108 valence electrons. The molecule has 0 radical (unpaired) electrons. The Morgan fingerprint density at radius 3 is 2.81 bits per heavy atom. The van der Waals surface area contributed by atoms with E-state index >= 15 is 0 Å². The second-order valence-corrected chi connectivity index (χ2v) is 5.00. The molecule has 0 aromatic carbocycles. The summed E-state index contributed by atoms with van der Waals surface area (Å²) < 4.78 is 0. The molecular formula is C14H17N7. The van der Waals surface area contributed by atoms with E-state index in [4.69, 9.17) is 5.73 Å². The molecule has 3 N–H and O–H groups in total. The number of hydrogen-bond donors (Lipinski definition) is 2. The van der Waals surface area contributed by atoms with Crippen molar-refractivity contribution < 1.29 is 0 Å². The predicted octanol–water partition coefficient (Wildman–Crippen LogP) is 1.84. The highest BCUT2D eigenvalue weighted by molar-refractivity contribution is 5.86. The molecule has 0 unspecified atom stereocenters. The molecule has 21 heavy (non-hydrogen) atoms. The SMILES string of the molecule is Cc1nc(N(C)[C@@H](C)c2cccc(N)n2)c2cn[nH]c2n1. The maximum Gasteiger partial charge on any atom is 0.161 e. The number of anilines is 2. The van der Waals surface area contributed by atoms with E-state index in [1.807, 2.05) is 31.0 Å². The monoisotopic (exact) mass is 283 g/mol. The quantitative estimate of drug-likeness (QED) is 0.761. The first-order valence-corrected chi connectivity index (χ1v) is 6.69. The Morgan fingerprint density at radius 2 is 2.05 bits per heavy atom. The highest BCUT2D eigenvalue weighted by Gasteiger charge is 2.19. The van der Waals surface area contributed by atoms with Gasteiger partial charge in [-0.15, -0.1) is 0 Å². The molecule has 0 aliphatic rings. The smallest absolute Gasteiger partial charge is 0.161 e. The van der Waals surface area contributed by atoms with Crippen molar-refractivity contribution in [2.24, 2.45) is 0 Å². The number of aromatic nitrogens is 5. The molecule has 3 aromatic rings. The summed E-state index contributed by atoms with van der Waals surface area (Å²) >= 11 is 0. The van der Waals surface area contributed by atoms with Crippen LogP contribution in [0.15, 0.2) is 24.4 Å². The maximum atomic E-state index is 5.76. The van der Waals surface area contributed by atoms with Gasteiger partial charge in [0.05, 0.1) is 23.3 Å². The molecular weight excluding hydrogens is 266 g/mol. The molecule has 3 heterocycles. The molecule has 0 saturated heterocycles. The zero-order chi connectivity index (χ0) is 15.0. The van der Waals surface area contributed by atoms with Crippen LogP contribution in [0.25, 0.3) is 11.0 Å². The van der Waals surface area contributed by atoms with Gasteiger partial charge in [0, 0.05) is 7.05 Å². The van der Waals surface area contributed by atoms with Crippen LogP contribution in [-0.2, 0) is 0 Å². The van der Waals surface area contributed by atoms with Crippen LogP contribution in [0, 0.1) is 6.92 Å². The Balaban J connectivity index is 2.03. The molecule has 0 amide bonds. The highest BCUT2D eigenvalue weighted by atomic mass is 15.2. The van der Waals surface area contributed by atoms with Gasteiger partial charge in [0.25, 0.3) is 0 Å². The fourth-order valence-corrected chi connectivity index (χ4v) is 2.28. The summed E-state index contributed by atoms with van der Waals surface area (Å²) in [6, 6.07) is 5.67. The molecule has 0 aliphatic heterocycles. The van der Waals surface area contributed by atoms with Crippen molar-refractivity contribution in [1.82, 2.24) is 25.1 Å². The van der Waals surface area contributed by atoms with Crippen molar-refractivity contribution in [3.05, 3.63) is 35.9 Å². The van der Waals surface area contributed by atoms with Crippen LogP contribution in [0.3, 0.4) is 0 Å². The van der Waals surface area contributed by atoms with Crippen molar-refractivity contribution in [1.29, 1.82) is 0 Å². The van der Waals surface area contributed by atoms with Gasteiger partial charge in [-0.1, -0.05) is 6.07 Å². The Labute approximate surface area is 122 Å². The molecule has 0 bridgehead atoms. The summed E-state index contributed by atoms with van der Waals surface area (Å²) in [6.45, 7) is 3.92. The van der Waals surface area contributed by atoms with Crippen LogP contribution in [0.5, 0.6) is 0 Å². The van der Waals surface area contributed by atoms with E-state index in [9.17, 15) is 0 Å². The molecule has 0 fully saturated rings. The number of H-pyrrole nitrogens is 1. The van der Waals surface area contributed by atoms with E-state index in [0.29, 0.717) is 11.6 Å². The third-order valence-corrected chi connectivity index (χ3v) is 3.54. The average Bonchev–Trinajstić information content (AvgIpc) is 2.93. The fraction of sp³-hybridized carbons (Fsp3) is 0.286. The summed E-state index contributed by atoms with van der Waals surface area (Å²) in [5.41, 5.74) is 7.39. The zero-order valence-electron chi connectivity index (χ0n) is 12.2. The van der Waals surface area contributed by atoms with Gasteiger partial charge >= 0.3 is 0 Å². The molecule has 0 saturated carbocycles. The van der Waals surface area contributed by atoms with E-state index in [1.165, 1.54) is 0 Å². The number of fused-ring (bicyclic) bond motifs is 1. The van der Waals surface area contributed by atoms with Gasteiger partial charge < -0.3 is 10.6 Å². The van der Waals surface area contributed by atoms with Crippen molar-refractivity contribution in [2.45, 2.75) is 19.9 Å². The van der Waals surface area contributed by atoms with Crippen LogP contribution < -0.4 is 10.6 Å². The Bertz CT molecular complexity index is 780. The number of pyridine rings is 1. The number of nitrogens with one attached hydrogen (secondary N) is 1. The van der Waals surface area contributed by atoms with Gasteiger partial charge in [-0.3, -0.25) is 5.10 Å². The number of aromatic amines is 1. The van der Waals surface area contributed by atoms with E-state index in [0.717, 1.165) is 22.5 Å². The van der Waals surface area contributed by atoms with Crippen LogP contribution in [0.1, 0.15) is 24.5 Å². The third-order valence-electron chi connectivity index (χ3n) is 3.54. The lowest BCUT2D eigenvalue weighted by molar-refractivity contribution is 0.706. The Hall–Kier alpha value is -2.70. The largest absolute Gasteiger partial charge is 0.384 e. The minimum atomic E-state index is 0.0286. The Morgan fingerprint density at radius 1 is 1.24 bits per heavy atom. The summed E-state index contributed by atoms with van der Waals surface area (Å²) in [6.07, 6.45) is 1.74. The van der Waals surface area contributed by atoms with Crippen molar-refractivity contribution in [3.63, 3.8) is 0 Å². The van der Waals surface area contributed by atoms with Crippen LogP contribution in [0.4, 0.5) is 11.6 Å². The molecule has 0 aliphatic carbocycles. The van der Waals surface area contributed by atoms with Crippen LogP contribution in [0.2, 0.25) is 0 Å². The summed E-state index contributed by atoms with van der Waals surface area (Å²) in [4.78, 5) is 15.3. The van der Waals surface area contributed by atoms with E-state index in [-0.39, 0.29) is 6.04 Å². The van der Waals surface area contributed by atoms with Gasteiger partial charge in [-0.2, -0.15) is 5.10 Å². The first kappa shape index (κ1) is 13.3. The number of aryl methyl sites for hydroxylation is 1. The van der Waals surface area contributed by atoms with Crippen molar-refractivity contribution in [2.75, 3.05) is 17.7 Å². The number of rotatable bonds is 3. The summed E-state index contributed by atoms with van der Waals surface area (Å²) in [5.74, 6) is 2.03. The van der Waals surface area contributed by atoms with Gasteiger partial charge in [-0.05, 0) is 26.0 Å². The minimum absolute atomic E-state index is 0.0286. The van der Waals surface area contributed by atoms with Gasteiger partial charge in [0.2, 0.25) is 0 Å². The molecule has 7 nitrogen and oxygen atoms in total. The summed E-state index contributed by atoms with van der Waals surface area (Å²) in [7, 11) is 1.98. The topological polar surface area (TPSA) is 96.6 Å². The second kappa shape index (κ2) is 5.01. The first-order chi connectivity index (χ1) is 10.1. The number of hydrogen-bond acceptors (Lipinski definition) is 6. The fourth-order valence-electron chi connectivity index (χ4n) is 2.28. The first-order valence-electron chi connectivity index (χ1n) is 6.69. The highest BCUT2D eigenvalue weighted by Crippen LogP contribution is 2.28. The standard InChI is InChI=1S/C14H17N7/c1-8(11-5-4-6-12(15)19-11)21(3)14-10-7-16-20-13(10)17-9(2)18-14/h4-8H,1-3H3,(H2,15,19)(H,16,17,18,20)/t8-/m0/s1. The lowest BCUT2D eigenvalue weighted by atomic mass is 10.2. The molecule has 1 atom stereocenters. The second-order valence-electron chi connectivity index (χ2n) is 5.00. The lowest BCUT2D eigenvalue weighted by Crippen LogP contribution is -2.24. The van der Waals surface area contributed by atoms with E-state index < -0.39 is 0 Å². The third kappa shape index (κ3) is 2.37. The van der Waals surface area contributed by atoms with E-state index in [2.05, 4.69) is 32.1 Å². The average molecular weight is 283 g/mol. The van der Waals surface area contributed by atoms with Gasteiger partial charge in [0.15, 0.2) is 5.65 Å². The van der Waals surface area contributed by atoms with Crippen molar-refractivity contribution in [3.8, 4) is 0 Å². The predicted molar refractivity (Wildman–Crippen MR) is 81.9 cm³/mol. The number of nitrogens with two attached hydrogens (primary N) is 1. The molecule has 7 heteroatoms. The van der Waals surface area contributed by atoms with Crippen LogP contribution in [-0.4, -0.2) is 32.2 Å². The van der Waals surface area contributed by atoms with Crippen LogP contribution >= 0.6 is 0 Å². The molecule has 3 rings (SSSR count).